The van der Waals surface area contributed by atoms with Gasteiger partial charge in [-0.2, -0.15) is 4.98 Å². The molecule has 0 aliphatic carbocycles. The van der Waals surface area contributed by atoms with E-state index in [1.807, 2.05) is 12.1 Å². The third-order valence-electron chi connectivity index (χ3n) is 5.87. The smallest absolute Gasteiger partial charge is 0.260 e. The van der Waals surface area contributed by atoms with E-state index >= 15 is 0 Å². The Morgan fingerprint density at radius 3 is 2.28 bits per heavy atom. The van der Waals surface area contributed by atoms with Crippen molar-refractivity contribution in [2.75, 3.05) is 43.4 Å². The van der Waals surface area contributed by atoms with Crippen LogP contribution in [0.4, 0.5) is 11.8 Å². The van der Waals surface area contributed by atoms with E-state index in [2.05, 4.69) is 14.9 Å². The van der Waals surface area contributed by atoms with Gasteiger partial charge in [0, 0.05) is 36.8 Å². The number of halogens is 3. The molecule has 36 heavy (non-hydrogen) atoms. The number of aromatic nitrogens is 3. The van der Waals surface area contributed by atoms with Crippen molar-refractivity contribution in [2.45, 2.75) is 0 Å². The Kier molecular flexibility index (Phi) is 7.00. The third-order valence-corrected chi connectivity index (χ3v) is 6.75. The van der Waals surface area contributed by atoms with Crippen molar-refractivity contribution in [1.82, 2.24) is 19.9 Å². The Morgan fingerprint density at radius 1 is 0.889 bits per heavy atom. The summed E-state index contributed by atoms with van der Waals surface area (Å²) in [6, 6.07) is 15.9. The van der Waals surface area contributed by atoms with Crippen LogP contribution in [0.1, 0.15) is 0 Å². The Bertz CT molecular complexity index is 1410. The second-order valence-electron chi connectivity index (χ2n) is 8.18. The number of piperazine rings is 1. The first-order valence-corrected chi connectivity index (χ1v) is 12.3. The molecule has 8 nitrogen and oxygen atoms in total. The minimum atomic E-state index is -0.0922. The normalized spacial score (nSPS) is 13.8. The zero-order valence-corrected chi connectivity index (χ0v) is 21.3. The Balaban J connectivity index is 1.33. The molecule has 1 aliphatic rings. The maximum Gasteiger partial charge on any atom is 0.260 e. The van der Waals surface area contributed by atoms with Crippen molar-refractivity contribution in [2.24, 2.45) is 0 Å². The number of anilines is 2. The Hall–Kier alpha value is -3.33. The molecule has 11 heteroatoms. The van der Waals surface area contributed by atoms with Crippen molar-refractivity contribution in [3.8, 4) is 17.0 Å². The lowest BCUT2D eigenvalue weighted by molar-refractivity contribution is -0.133. The number of carbonyl (C=O) groups excluding carboxylic acids is 1. The van der Waals surface area contributed by atoms with Crippen LogP contribution < -0.4 is 15.4 Å². The number of nitrogens with zero attached hydrogens (tertiary/aromatic N) is 5. The number of carbonyl (C=O) groups is 1. The summed E-state index contributed by atoms with van der Waals surface area (Å²) in [6.07, 6.45) is 0. The highest BCUT2D eigenvalue weighted by molar-refractivity contribution is 6.39. The minimum absolute atomic E-state index is 0.0471. The van der Waals surface area contributed by atoms with Gasteiger partial charge in [0.1, 0.15) is 11.3 Å². The summed E-state index contributed by atoms with van der Waals surface area (Å²) in [5.74, 6) is 1.25. The topological polar surface area (TPSA) is 97.5 Å². The molecule has 5 rings (SSSR count). The van der Waals surface area contributed by atoms with E-state index in [0.717, 1.165) is 0 Å². The number of rotatable bonds is 5. The fraction of sp³-hybridized carbons (Fsp3) is 0.200. The SMILES string of the molecule is Nc1nc(N2CCN(C(=O)COc3ccc(Cl)cc3)CC2)c2nc(-c3c(Cl)cccc3Cl)ccc2n1. The predicted molar refractivity (Wildman–Crippen MR) is 143 cm³/mol. The van der Waals surface area contributed by atoms with Crippen LogP contribution >= 0.6 is 34.8 Å². The number of fused-ring (bicyclic) bond motifs is 1. The summed E-state index contributed by atoms with van der Waals surface area (Å²) in [5.41, 5.74) is 8.45. The molecule has 0 saturated carbocycles. The highest BCUT2D eigenvalue weighted by Crippen LogP contribution is 2.35. The molecule has 2 aromatic heterocycles. The zero-order chi connectivity index (χ0) is 25.2. The van der Waals surface area contributed by atoms with E-state index in [-0.39, 0.29) is 18.5 Å². The lowest BCUT2D eigenvalue weighted by Gasteiger charge is -2.35. The fourth-order valence-corrected chi connectivity index (χ4v) is 4.77. The molecule has 2 N–H and O–H groups in total. The summed E-state index contributed by atoms with van der Waals surface area (Å²) in [4.78, 5) is 30.1. The van der Waals surface area contributed by atoms with Crippen LogP contribution in [0.15, 0.2) is 54.6 Å². The molecule has 0 unspecified atom stereocenters. The van der Waals surface area contributed by atoms with Crippen LogP contribution in [0, 0.1) is 0 Å². The number of ether oxygens (including phenoxy) is 1. The molecule has 1 amide bonds. The summed E-state index contributed by atoms with van der Waals surface area (Å²) in [6.45, 7) is 2.07. The average Bonchev–Trinajstić information content (AvgIpc) is 2.88. The predicted octanol–water partition coefficient (Wildman–Crippen LogP) is 4.96. The van der Waals surface area contributed by atoms with E-state index in [9.17, 15) is 4.79 Å². The number of nitrogen functional groups attached to an aromatic ring is 1. The van der Waals surface area contributed by atoms with Crippen molar-refractivity contribution in [3.63, 3.8) is 0 Å². The number of pyridine rings is 1. The number of hydrogen-bond acceptors (Lipinski definition) is 7. The molecule has 0 bridgehead atoms. The van der Waals surface area contributed by atoms with Crippen LogP contribution in [0.3, 0.4) is 0 Å². The largest absolute Gasteiger partial charge is 0.484 e. The molecular weight excluding hydrogens is 523 g/mol. The van der Waals surface area contributed by atoms with Crippen LogP contribution in [-0.4, -0.2) is 58.5 Å². The van der Waals surface area contributed by atoms with Crippen LogP contribution in [0.5, 0.6) is 5.75 Å². The molecule has 2 aromatic carbocycles. The summed E-state index contributed by atoms with van der Waals surface area (Å²) >= 11 is 18.7. The van der Waals surface area contributed by atoms with E-state index in [1.54, 1.807) is 47.4 Å². The van der Waals surface area contributed by atoms with Gasteiger partial charge in [-0.3, -0.25) is 4.79 Å². The highest BCUT2D eigenvalue weighted by atomic mass is 35.5. The highest BCUT2D eigenvalue weighted by Gasteiger charge is 2.25. The first kappa shape index (κ1) is 24.4. The molecule has 184 valence electrons. The lowest BCUT2D eigenvalue weighted by Crippen LogP contribution is -2.50. The van der Waals surface area contributed by atoms with Crippen molar-refractivity contribution >= 4 is 63.5 Å². The van der Waals surface area contributed by atoms with Gasteiger partial charge in [0.2, 0.25) is 5.95 Å². The van der Waals surface area contributed by atoms with Gasteiger partial charge in [-0.15, -0.1) is 0 Å². The molecule has 3 heterocycles. The van der Waals surface area contributed by atoms with E-state index < -0.39 is 0 Å². The van der Waals surface area contributed by atoms with Crippen LogP contribution in [-0.2, 0) is 4.79 Å². The quantitative estimate of drug-likeness (QED) is 0.380. The van der Waals surface area contributed by atoms with Crippen molar-refractivity contribution in [1.29, 1.82) is 0 Å². The van der Waals surface area contributed by atoms with Gasteiger partial charge in [0.25, 0.3) is 5.91 Å². The summed E-state index contributed by atoms with van der Waals surface area (Å²) in [5, 5.41) is 1.61. The van der Waals surface area contributed by atoms with E-state index in [1.165, 1.54) is 0 Å². The molecule has 0 atom stereocenters. The van der Waals surface area contributed by atoms with Gasteiger partial charge in [0.05, 0.1) is 21.3 Å². The minimum Gasteiger partial charge on any atom is -0.484 e. The molecule has 1 saturated heterocycles. The molecule has 4 aromatic rings. The first-order chi connectivity index (χ1) is 17.4. The van der Waals surface area contributed by atoms with Gasteiger partial charge in [-0.05, 0) is 48.5 Å². The monoisotopic (exact) mass is 542 g/mol. The van der Waals surface area contributed by atoms with Gasteiger partial charge in [0.15, 0.2) is 12.4 Å². The molecule has 0 radical (unpaired) electrons. The first-order valence-electron chi connectivity index (χ1n) is 11.2. The number of amides is 1. The number of nitrogens with two attached hydrogens (primary N) is 1. The average molecular weight is 544 g/mol. The number of benzene rings is 2. The summed E-state index contributed by atoms with van der Waals surface area (Å²) in [7, 11) is 0. The van der Waals surface area contributed by atoms with Gasteiger partial charge in [-0.1, -0.05) is 40.9 Å². The van der Waals surface area contributed by atoms with Gasteiger partial charge >= 0.3 is 0 Å². The van der Waals surface area contributed by atoms with Gasteiger partial charge < -0.3 is 20.3 Å². The van der Waals surface area contributed by atoms with Gasteiger partial charge in [-0.25, -0.2) is 9.97 Å². The fourth-order valence-electron chi connectivity index (χ4n) is 4.05. The van der Waals surface area contributed by atoms with E-state index in [0.29, 0.717) is 75.1 Å². The lowest BCUT2D eigenvalue weighted by atomic mass is 10.1. The molecular formula is C25H21Cl3N6O2. The zero-order valence-electron chi connectivity index (χ0n) is 19.0. The molecule has 1 aliphatic heterocycles. The second-order valence-corrected chi connectivity index (χ2v) is 9.43. The van der Waals surface area contributed by atoms with Crippen molar-refractivity contribution in [3.05, 3.63) is 69.7 Å². The molecule has 1 fully saturated rings. The summed E-state index contributed by atoms with van der Waals surface area (Å²) < 4.78 is 5.60. The van der Waals surface area contributed by atoms with Crippen LogP contribution in [0.25, 0.3) is 22.3 Å². The second kappa shape index (κ2) is 10.3. The maximum atomic E-state index is 12.7. The van der Waals surface area contributed by atoms with Crippen molar-refractivity contribution < 1.29 is 9.53 Å². The van der Waals surface area contributed by atoms with Crippen LogP contribution in [0.2, 0.25) is 15.1 Å². The van der Waals surface area contributed by atoms with E-state index in [4.69, 9.17) is 50.3 Å². The maximum absolute atomic E-state index is 12.7. The standard InChI is InChI=1S/C25H21Cl3N6O2/c26-15-4-6-16(7-5-15)36-14-21(35)33-10-12-34(13-11-33)24-23-20(31-25(29)32-24)9-8-19(30-23)22-17(27)2-1-3-18(22)28/h1-9H,10-14H2,(H2,29,31,32). The number of hydrogen-bond donors (Lipinski definition) is 1. The third kappa shape index (κ3) is 5.11. The Labute approximate surface area is 222 Å². The molecule has 0 spiro atoms. The Morgan fingerprint density at radius 2 is 1.58 bits per heavy atom.